The van der Waals surface area contributed by atoms with Gasteiger partial charge in [0.05, 0.1) is 0 Å². The molecular weight excluding hydrogens is 232 g/mol. The molecule has 1 atom stereocenters. The second-order valence-corrected chi connectivity index (χ2v) is 8.33. The molecule has 108 valence electrons. The monoisotopic (exact) mass is 262 g/mol. The predicted molar refractivity (Wildman–Crippen MR) is 79.1 cm³/mol. The van der Waals surface area contributed by atoms with Gasteiger partial charge in [0.25, 0.3) is 0 Å². The molecule has 0 spiro atoms. The zero-order valence-corrected chi connectivity index (χ0v) is 12.5. The van der Waals surface area contributed by atoms with Crippen LogP contribution in [0.25, 0.3) is 0 Å². The average molecular weight is 262 g/mol. The van der Waals surface area contributed by atoms with Gasteiger partial charge in [-0.1, -0.05) is 0 Å². The highest BCUT2D eigenvalue weighted by Crippen LogP contribution is 2.60. The third-order valence-corrected chi connectivity index (χ3v) is 6.64. The molecule has 0 radical (unpaired) electrons. The van der Waals surface area contributed by atoms with Crippen molar-refractivity contribution >= 4 is 0 Å². The Bertz CT molecular complexity index is 297. The fourth-order valence-corrected chi connectivity index (χ4v) is 6.35. The van der Waals surface area contributed by atoms with Crippen molar-refractivity contribution in [1.29, 1.82) is 0 Å². The van der Waals surface area contributed by atoms with E-state index in [1.165, 1.54) is 32.5 Å². The minimum atomic E-state index is 0.723. The van der Waals surface area contributed by atoms with E-state index >= 15 is 0 Å². The lowest BCUT2D eigenvalue weighted by atomic mass is 9.49. The van der Waals surface area contributed by atoms with E-state index in [-0.39, 0.29) is 0 Å². The van der Waals surface area contributed by atoms with Crippen molar-refractivity contribution in [2.45, 2.75) is 57.4 Å². The highest BCUT2D eigenvalue weighted by atomic mass is 15.2. The van der Waals surface area contributed by atoms with Gasteiger partial charge in [-0.15, -0.1) is 0 Å². The van der Waals surface area contributed by atoms with Crippen LogP contribution >= 0.6 is 0 Å². The maximum atomic E-state index is 3.58. The Labute approximate surface area is 118 Å². The van der Waals surface area contributed by atoms with E-state index in [1.807, 2.05) is 0 Å². The van der Waals surface area contributed by atoms with Crippen LogP contribution < -0.4 is 5.32 Å². The first-order valence-electron chi connectivity index (χ1n) is 8.63. The van der Waals surface area contributed by atoms with Crippen molar-refractivity contribution in [3.8, 4) is 0 Å². The summed E-state index contributed by atoms with van der Waals surface area (Å²) < 4.78 is 0. The number of hydrogen-bond donors (Lipinski definition) is 1. The van der Waals surface area contributed by atoms with E-state index in [2.05, 4.69) is 17.3 Å². The number of hydrogen-bond acceptors (Lipinski definition) is 2. The van der Waals surface area contributed by atoms with Crippen LogP contribution in [0, 0.1) is 23.2 Å². The molecule has 5 fully saturated rings. The van der Waals surface area contributed by atoms with Crippen molar-refractivity contribution < 1.29 is 0 Å². The molecule has 1 aliphatic heterocycles. The van der Waals surface area contributed by atoms with E-state index < -0.39 is 0 Å². The fourth-order valence-electron chi connectivity index (χ4n) is 6.35. The summed E-state index contributed by atoms with van der Waals surface area (Å²) in [4.78, 5) is 2.72. The minimum absolute atomic E-state index is 0.723. The van der Waals surface area contributed by atoms with Gasteiger partial charge in [0, 0.05) is 19.1 Å². The molecule has 1 unspecified atom stereocenters. The van der Waals surface area contributed by atoms with Crippen LogP contribution in [0.15, 0.2) is 0 Å². The van der Waals surface area contributed by atoms with Crippen LogP contribution in [-0.4, -0.2) is 37.6 Å². The normalized spacial score (nSPS) is 48.9. The van der Waals surface area contributed by atoms with Crippen LogP contribution in [-0.2, 0) is 0 Å². The van der Waals surface area contributed by atoms with Gasteiger partial charge in [0.1, 0.15) is 0 Å². The van der Waals surface area contributed by atoms with E-state index in [1.54, 1.807) is 38.5 Å². The molecule has 2 heteroatoms. The first kappa shape index (κ1) is 12.6. The highest BCUT2D eigenvalue weighted by molar-refractivity contribution is 5.02. The molecule has 19 heavy (non-hydrogen) atoms. The van der Waals surface area contributed by atoms with Crippen LogP contribution in [0.2, 0.25) is 0 Å². The number of rotatable bonds is 3. The van der Waals surface area contributed by atoms with Crippen LogP contribution in [0.3, 0.4) is 0 Å². The molecule has 0 aromatic rings. The van der Waals surface area contributed by atoms with Gasteiger partial charge in [-0.3, -0.25) is 0 Å². The van der Waals surface area contributed by atoms with Gasteiger partial charge in [-0.25, -0.2) is 0 Å². The number of nitrogens with zero attached hydrogens (tertiary/aromatic N) is 1. The number of likely N-dealkylation sites (N-methyl/N-ethyl adjacent to an activating group) is 1. The summed E-state index contributed by atoms with van der Waals surface area (Å²) in [7, 11) is 2.40. The molecule has 4 aliphatic carbocycles. The second-order valence-electron chi connectivity index (χ2n) is 8.33. The number of piperidine rings is 1. The van der Waals surface area contributed by atoms with Gasteiger partial charge in [0.2, 0.25) is 0 Å². The van der Waals surface area contributed by atoms with Gasteiger partial charge in [0.15, 0.2) is 0 Å². The Hall–Kier alpha value is -0.0800. The van der Waals surface area contributed by atoms with Gasteiger partial charge in [-0.05, 0) is 88.1 Å². The molecule has 4 bridgehead atoms. The standard InChI is InChI=1S/C17H30N2/c1-19(16-3-2-4-18-11-16)12-17-8-13-5-14(9-17)7-15(6-13)10-17/h13-16,18H,2-12H2,1H3. The molecule has 5 aliphatic rings. The van der Waals surface area contributed by atoms with Crippen molar-refractivity contribution in [2.24, 2.45) is 23.2 Å². The third kappa shape index (κ3) is 2.35. The van der Waals surface area contributed by atoms with Crippen LogP contribution in [0.4, 0.5) is 0 Å². The molecule has 1 saturated heterocycles. The first-order valence-corrected chi connectivity index (χ1v) is 8.63. The molecule has 1 heterocycles. The lowest BCUT2D eigenvalue weighted by molar-refractivity contribution is -0.0715. The maximum absolute atomic E-state index is 3.58. The molecule has 0 aromatic heterocycles. The third-order valence-electron chi connectivity index (χ3n) is 6.64. The van der Waals surface area contributed by atoms with E-state index in [0.717, 1.165) is 29.2 Å². The Balaban J connectivity index is 1.44. The molecule has 4 saturated carbocycles. The average Bonchev–Trinajstić information content (AvgIpc) is 2.37. The van der Waals surface area contributed by atoms with Crippen LogP contribution in [0.5, 0.6) is 0 Å². The first-order chi connectivity index (χ1) is 9.22. The molecule has 1 N–H and O–H groups in total. The second kappa shape index (κ2) is 4.73. The molecular formula is C17H30N2. The quantitative estimate of drug-likeness (QED) is 0.841. The summed E-state index contributed by atoms with van der Waals surface area (Å²) in [6.07, 6.45) is 12.2. The fraction of sp³-hybridized carbons (Fsp3) is 1.00. The predicted octanol–water partition coefficient (Wildman–Crippen LogP) is 2.89. The topological polar surface area (TPSA) is 15.3 Å². The summed E-state index contributed by atoms with van der Waals surface area (Å²) in [6, 6.07) is 0.807. The largest absolute Gasteiger partial charge is 0.315 e. The molecule has 0 amide bonds. The summed E-state index contributed by atoms with van der Waals surface area (Å²) in [6.45, 7) is 3.85. The maximum Gasteiger partial charge on any atom is 0.0218 e. The summed E-state index contributed by atoms with van der Waals surface area (Å²) in [5.41, 5.74) is 0.723. The lowest BCUT2D eigenvalue weighted by Gasteiger charge is -2.58. The molecule has 0 aromatic carbocycles. The van der Waals surface area contributed by atoms with Gasteiger partial charge >= 0.3 is 0 Å². The summed E-state index contributed by atoms with van der Waals surface area (Å²) in [5, 5.41) is 3.58. The lowest BCUT2D eigenvalue weighted by Crippen LogP contribution is -2.54. The zero-order valence-electron chi connectivity index (χ0n) is 12.5. The van der Waals surface area contributed by atoms with Crippen LogP contribution in [0.1, 0.15) is 51.4 Å². The molecule has 5 rings (SSSR count). The summed E-state index contributed by atoms with van der Waals surface area (Å²) in [5.74, 6) is 3.30. The zero-order chi connectivity index (χ0) is 12.9. The van der Waals surface area contributed by atoms with Crippen molar-refractivity contribution in [2.75, 3.05) is 26.7 Å². The number of nitrogens with one attached hydrogen (secondary N) is 1. The van der Waals surface area contributed by atoms with E-state index in [0.29, 0.717) is 0 Å². The van der Waals surface area contributed by atoms with Crippen molar-refractivity contribution in [3.05, 3.63) is 0 Å². The van der Waals surface area contributed by atoms with Crippen molar-refractivity contribution in [1.82, 2.24) is 10.2 Å². The Morgan fingerprint density at radius 2 is 1.68 bits per heavy atom. The smallest absolute Gasteiger partial charge is 0.0218 e. The Morgan fingerprint density at radius 3 is 2.21 bits per heavy atom. The van der Waals surface area contributed by atoms with E-state index in [4.69, 9.17) is 0 Å². The Kier molecular flexibility index (Phi) is 3.15. The van der Waals surface area contributed by atoms with Gasteiger partial charge < -0.3 is 10.2 Å². The highest BCUT2D eigenvalue weighted by Gasteiger charge is 2.51. The molecule has 2 nitrogen and oxygen atoms in total. The SMILES string of the molecule is CN(CC12CC3CC(CC(C3)C1)C2)C1CCCNC1. The minimum Gasteiger partial charge on any atom is -0.315 e. The van der Waals surface area contributed by atoms with E-state index in [9.17, 15) is 0 Å². The van der Waals surface area contributed by atoms with Crippen molar-refractivity contribution in [3.63, 3.8) is 0 Å². The summed E-state index contributed by atoms with van der Waals surface area (Å²) >= 11 is 0. The van der Waals surface area contributed by atoms with Gasteiger partial charge in [-0.2, -0.15) is 0 Å². The Morgan fingerprint density at radius 1 is 1.05 bits per heavy atom.